The number of nitrogens with one attached hydrogen (secondary N) is 1. The van der Waals surface area contributed by atoms with E-state index in [9.17, 15) is 8.42 Å². The van der Waals surface area contributed by atoms with Crippen LogP contribution in [0.3, 0.4) is 0 Å². The third-order valence-corrected chi connectivity index (χ3v) is 4.27. The number of hydrogen-bond acceptors (Lipinski definition) is 5. The molecule has 0 radical (unpaired) electrons. The number of morpholine rings is 1. The van der Waals surface area contributed by atoms with Crippen LogP contribution >= 0.6 is 0 Å². The van der Waals surface area contributed by atoms with Gasteiger partial charge in [0, 0.05) is 27.2 Å². The SMILES string of the molecule is CN(C)S(=O)(=O)Nc1ccc(N2CCOCC2)nc1. The van der Waals surface area contributed by atoms with Crippen LogP contribution in [0.1, 0.15) is 0 Å². The lowest BCUT2D eigenvalue weighted by Gasteiger charge is -2.27. The molecule has 0 amide bonds. The summed E-state index contributed by atoms with van der Waals surface area (Å²) in [5, 5.41) is 0. The second-order valence-electron chi connectivity index (χ2n) is 4.39. The van der Waals surface area contributed by atoms with E-state index in [1.54, 1.807) is 12.1 Å². The van der Waals surface area contributed by atoms with Gasteiger partial charge in [-0.1, -0.05) is 0 Å². The van der Waals surface area contributed by atoms with Crippen LogP contribution in [0.2, 0.25) is 0 Å². The molecule has 0 atom stereocenters. The summed E-state index contributed by atoms with van der Waals surface area (Å²) < 4.78 is 32.1. The molecule has 0 unspecified atom stereocenters. The van der Waals surface area contributed by atoms with Crippen molar-refractivity contribution < 1.29 is 13.2 Å². The Morgan fingerprint density at radius 3 is 2.53 bits per heavy atom. The molecule has 7 nitrogen and oxygen atoms in total. The molecule has 1 saturated heterocycles. The highest BCUT2D eigenvalue weighted by atomic mass is 32.2. The Bertz CT molecular complexity index is 509. The summed E-state index contributed by atoms with van der Waals surface area (Å²) in [4.78, 5) is 6.38. The van der Waals surface area contributed by atoms with Crippen LogP contribution < -0.4 is 9.62 Å². The fourth-order valence-corrected chi connectivity index (χ4v) is 2.27. The minimum absolute atomic E-state index is 0.450. The molecule has 2 rings (SSSR count). The van der Waals surface area contributed by atoms with E-state index in [2.05, 4.69) is 14.6 Å². The van der Waals surface area contributed by atoms with Crippen molar-refractivity contribution in [3.8, 4) is 0 Å². The number of anilines is 2. The van der Waals surface area contributed by atoms with Gasteiger partial charge in [0.05, 0.1) is 25.1 Å². The molecule has 0 spiro atoms. The zero-order valence-corrected chi connectivity index (χ0v) is 11.9. The Morgan fingerprint density at radius 1 is 1.32 bits per heavy atom. The molecule has 2 heterocycles. The second kappa shape index (κ2) is 5.72. The van der Waals surface area contributed by atoms with Gasteiger partial charge in [-0.05, 0) is 12.1 Å². The van der Waals surface area contributed by atoms with Gasteiger partial charge in [0.2, 0.25) is 0 Å². The van der Waals surface area contributed by atoms with E-state index < -0.39 is 10.2 Å². The summed E-state index contributed by atoms with van der Waals surface area (Å²) in [6, 6.07) is 3.51. The van der Waals surface area contributed by atoms with E-state index in [1.165, 1.54) is 20.3 Å². The van der Waals surface area contributed by atoms with Crippen LogP contribution in [-0.2, 0) is 14.9 Å². The zero-order chi connectivity index (χ0) is 13.9. The standard InChI is InChI=1S/C11H18N4O3S/c1-14(2)19(16,17)13-10-3-4-11(12-9-10)15-5-7-18-8-6-15/h3-4,9,13H,5-8H2,1-2H3. The summed E-state index contributed by atoms with van der Waals surface area (Å²) in [6.45, 7) is 2.99. The summed E-state index contributed by atoms with van der Waals surface area (Å²) in [5.74, 6) is 0.830. The molecule has 1 aliphatic heterocycles. The van der Waals surface area contributed by atoms with E-state index in [1.807, 2.05) is 0 Å². The lowest BCUT2D eigenvalue weighted by Crippen LogP contribution is -2.36. The molecule has 1 aromatic heterocycles. The fraction of sp³-hybridized carbons (Fsp3) is 0.545. The highest BCUT2D eigenvalue weighted by Gasteiger charge is 2.15. The van der Waals surface area contributed by atoms with E-state index in [0.29, 0.717) is 18.9 Å². The monoisotopic (exact) mass is 286 g/mol. The Morgan fingerprint density at radius 2 is 2.00 bits per heavy atom. The number of hydrogen-bond donors (Lipinski definition) is 1. The maximum absolute atomic E-state index is 11.6. The van der Waals surface area contributed by atoms with Gasteiger partial charge in [0.15, 0.2) is 0 Å². The van der Waals surface area contributed by atoms with E-state index >= 15 is 0 Å². The van der Waals surface area contributed by atoms with E-state index in [4.69, 9.17) is 4.74 Å². The lowest BCUT2D eigenvalue weighted by molar-refractivity contribution is 0.122. The predicted octanol–water partition coefficient (Wildman–Crippen LogP) is 0.136. The molecule has 19 heavy (non-hydrogen) atoms. The number of ether oxygens (including phenoxy) is 1. The molecule has 1 aliphatic rings. The van der Waals surface area contributed by atoms with E-state index in [0.717, 1.165) is 23.2 Å². The van der Waals surface area contributed by atoms with Crippen molar-refractivity contribution in [2.24, 2.45) is 0 Å². The largest absolute Gasteiger partial charge is 0.378 e. The Labute approximate surface area is 113 Å². The molecule has 0 aliphatic carbocycles. The van der Waals surface area contributed by atoms with Crippen molar-refractivity contribution in [2.75, 3.05) is 50.0 Å². The van der Waals surface area contributed by atoms with Crippen molar-refractivity contribution in [2.45, 2.75) is 0 Å². The third-order valence-electron chi connectivity index (χ3n) is 2.81. The summed E-state index contributed by atoms with van der Waals surface area (Å²) in [6.07, 6.45) is 1.52. The van der Waals surface area contributed by atoms with Crippen LogP contribution in [0.25, 0.3) is 0 Å². The molecule has 1 fully saturated rings. The van der Waals surface area contributed by atoms with Crippen molar-refractivity contribution in [3.05, 3.63) is 18.3 Å². The summed E-state index contributed by atoms with van der Waals surface area (Å²) >= 11 is 0. The molecule has 1 N–H and O–H groups in total. The van der Waals surface area contributed by atoms with Gasteiger partial charge in [0.25, 0.3) is 0 Å². The van der Waals surface area contributed by atoms with Crippen molar-refractivity contribution >= 4 is 21.7 Å². The van der Waals surface area contributed by atoms with Crippen LogP contribution in [-0.4, -0.2) is 58.1 Å². The van der Waals surface area contributed by atoms with Crippen LogP contribution in [0, 0.1) is 0 Å². The topological polar surface area (TPSA) is 74.8 Å². The highest BCUT2D eigenvalue weighted by molar-refractivity contribution is 7.90. The average molecular weight is 286 g/mol. The number of aromatic nitrogens is 1. The highest BCUT2D eigenvalue weighted by Crippen LogP contribution is 2.16. The Balaban J connectivity index is 2.06. The molecule has 0 bridgehead atoms. The number of rotatable bonds is 4. The van der Waals surface area contributed by atoms with Gasteiger partial charge in [-0.25, -0.2) is 4.98 Å². The first-order valence-electron chi connectivity index (χ1n) is 5.98. The lowest BCUT2D eigenvalue weighted by atomic mass is 10.3. The Kier molecular flexibility index (Phi) is 4.23. The maximum atomic E-state index is 11.6. The minimum Gasteiger partial charge on any atom is -0.378 e. The van der Waals surface area contributed by atoms with Gasteiger partial charge in [-0.3, -0.25) is 4.72 Å². The van der Waals surface area contributed by atoms with E-state index in [-0.39, 0.29) is 0 Å². The van der Waals surface area contributed by atoms with Crippen LogP contribution in [0.4, 0.5) is 11.5 Å². The smallest absolute Gasteiger partial charge is 0.301 e. The molecular weight excluding hydrogens is 268 g/mol. The van der Waals surface area contributed by atoms with Crippen molar-refractivity contribution in [1.29, 1.82) is 0 Å². The first-order valence-corrected chi connectivity index (χ1v) is 7.42. The third kappa shape index (κ3) is 3.55. The minimum atomic E-state index is -3.48. The average Bonchev–Trinajstić information content (AvgIpc) is 2.40. The Hall–Kier alpha value is -1.38. The predicted molar refractivity (Wildman–Crippen MR) is 73.5 cm³/mol. The van der Waals surface area contributed by atoms with Gasteiger partial charge < -0.3 is 9.64 Å². The van der Waals surface area contributed by atoms with Crippen LogP contribution in [0.5, 0.6) is 0 Å². The van der Waals surface area contributed by atoms with Crippen LogP contribution in [0.15, 0.2) is 18.3 Å². The second-order valence-corrected chi connectivity index (χ2v) is 6.28. The first kappa shape index (κ1) is 14.0. The summed E-state index contributed by atoms with van der Waals surface area (Å²) in [5.41, 5.74) is 0.450. The quantitative estimate of drug-likeness (QED) is 0.852. The molecule has 1 aromatic rings. The normalized spacial score (nSPS) is 16.7. The number of pyridine rings is 1. The van der Waals surface area contributed by atoms with Gasteiger partial charge >= 0.3 is 10.2 Å². The van der Waals surface area contributed by atoms with Crippen molar-refractivity contribution in [1.82, 2.24) is 9.29 Å². The molecule has 0 saturated carbocycles. The summed E-state index contributed by atoms with van der Waals surface area (Å²) in [7, 11) is -0.539. The zero-order valence-electron chi connectivity index (χ0n) is 11.0. The number of nitrogens with zero attached hydrogens (tertiary/aromatic N) is 3. The first-order chi connectivity index (χ1) is 8.99. The molecular formula is C11H18N4O3S. The van der Waals surface area contributed by atoms with Gasteiger partial charge in [0.1, 0.15) is 5.82 Å². The molecule has 106 valence electrons. The molecule has 8 heteroatoms. The van der Waals surface area contributed by atoms with Crippen molar-refractivity contribution in [3.63, 3.8) is 0 Å². The molecule has 0 aromatic carbocycles. The van der Waals surface area contributed by atoms with Gasteiger partial charge in [-0.2, -0.15) is 12.7 Å². The van der Waals surface area contributed by atoms with Gasteiger partial charge in [-0.15, -0.1) is 0 Å². The maximum Gasteiger partial charge on any atom is 0.301 e. The fourth-order valence-electron chi connectivity index (χ4n) is 1.67.